The van der Waals surface area contributed by atoms with Gasteiger partial charge < -0.3 is 14.8 Å². The highest BCUT2D eigenvalue weighted by Gasteiger charge is 2.31. The van der Waals surface area contributed by atoms with Crippen molar-refractivity contribution in [3.63, 3.8) is 0 Å². The zero-order valence-corrected chi connectivity index (χ0v) is 15.5. The lowest BCUT2D eigenvalue weighted by Crippen LogP contribution is -2.41. The highest BCUT2D eigenvalue weighted by Crippen LogP contribution is 2.30. The van der Waals surface area contributed by atoms with Gasteiger partial charge in [-0.15, -0.1) is 0 Å². The predicted octanol–water partition coefficient (Wildman–Crippen LogP) is 2.23. The zero-order chi connectivity index (χ0) is 19.1. The number of pyridine rings is 1. The van der Waals surface area contributed by atoms with Crippen LogP contribution in [0.4, 0.5) is 0 Å². The SMILES string of the molecule is O=C(NCc1cn2c(n1)C(=O)N(CC1CC1)CC2)c1ccc2ncccc2c1. The molecule has 5 rings (SSSR count). The zero-order valence-electron chi connectivity index (χ0n) is 15.5. The van der Waals surface area contributed by atoms with Crippen molar-refractivity contribution in [3.8, 4) is 0 Å². The van der Waals surface area contributed by atoms with E-state index in [-0.39, 0.29) is 11.8 Å². The molecule has 1 fully saturated rings. The third kappa shape index (κ3) is 3.24. The first-order valence-electron chi connectivity index (χ1n) is 9.66. The highest BCUT2D eigenvalue weighted by atomic mass is 16.2. The summed E-state index contributed by atoms with van der Waals surface area (Å²) < 4.78 is 1.90. The minimum absolute atomic E-state index is 0.00208. The normalized spacial score (nSPS) is 16.3. The van der Waals surface area contributed by atoms with Gasteiger partial charge in [-0.3, -0.25) is 14.6 Å². The van der Waals surface area contributed by atoms with Crippen LogP contribution < -0.4 is 5.32 Å². The molecule has 0 spiro atoms. The number of rotatable bonds is 5. The van der Waals surface area contributed by atoms with Gasteiger partial charge in [0.25, 0.3) is 11.8 Å². The molecular formula is C21H21N5O2. The van der Waals surface area contributed by atoms with E-state index in [1.54, 1.807) is 12.3 Å². The molecule has 7 nitrogen and oxygen atoms in total. The number of imidazole rings is 1. The fourth-order valence-corrected chi connectivity index (χ4v) is 3.64. The van der Waals surface area contributed by atoms with Crippen LogP contribution in [0.25, 0.3) is 10.9 Å². The first-order valence-corrected chi connectivity index (χ1v) is 9.66. The van der Waals surface area contributed by atoms with Crippen LogP contribution in [-0.4, -0.2) is 44.3 Å². The lowest BCUT2D eigenvalue weighted by atomic mass is 10.1. The Hall–Kier alpha value is -3.22. The van der Waals surface area contributed by atoms with E-state index in [0.717, 1.165) is 30.5 Å². The molecule has 0 unspecified atom stereocenters. The Morgan fingerprint density at radius 2 is 2.11 bits per heavy atom. The van der Waals surface area contributed by atoms with E-state index in [1.165, 1.54) is 12.8 Å². The number of aromatic nitrogens is 3. The van der Waals surface area contributed by atoms with Gasteiger partial charge in [0.05, 0.1) is 17.8 Å². The Morgan fingerprint density at radius 1 is 1.21 bits per heavy atom. The summed E-state index contributed by atoms with van der Waals surface area (Å²) in [5.74, 6) is 0.977. The predicted molar refractivity (Wildman–Crippen MR) is 104 cm³/mol. The van der Waals surface area contributed by atoms with Crippen LogP contribution in [0.2, 0.25) is 0 Å². The molecule has 1 aromatic carbocycles. The number of benzene rings is 1. The van der Waals surface area contributed by atoms with Crippen LogP contribution in [0.3, 0.4) is 0 Å². The van der Waals surface area contributed by atoms with Gasteiger partial charge in [-0.05, 0) is 43.0 Å². The minimum atomic E-state index is -0.168. The number of amides is 2. The van der Waals surface area contributed by atoms with E-state index < -0.39 is 0 Å². The number of carbonyl (C=O) groups excluding carboxylic acids is 2. The molecule has 0 bridgehead atoms. The number of nitrogens with zero attached hydrogens (tertiary/aromatic N) is 4. The average molecular weight is 375 g/mol. The standard InChI is InChI=1S/C21H21N5O2/c27-20(16-5-6-18-15(10-16)2-1-7-22-18)23-11-17-13-25-8-9-26(12-14-3-4-14)21(28)19(25)24-17/h1-2,5-7,10,13-14H,3-4,8-9,11-12H2,(H,23,27). The van der Waals surface area contributed by atoms with Gasteiger partial charge in [-0.25, -0.2) is 4.98 Å². The van der Waals surface area contributed by atoms with Gasteiger partial charge in [-0.1, -0.05) is 6.07 Å². The largest absolute Gasteiger partial charge is 0.346 e. The molecule has 0 radical (unpaired) electrons. The van der Waals surface area contributed by atoms with E-state index in [2.05, 4.69) is 15.3 Å². The van der Waals surface area contributed by atoms with Crippen molar-refractivity contribution in [3.05, 3.63) is 59.8 Å². The molecule has 2 aromatic heterocycles. The van der Waals surface area contributed by atoms with Crippen LogP contribution >= 0.6 is 0 Å². The van der Waals surface area contributed by atoms with E-state index >= 15 is 0 Å². The molecule has 0 saturated heterocycles. The van der Waals surface area contributed by atoms with E-state index in [1.807, 2.05) is 39.9 Å². The second kappa shape index (κ2) is 6.74. The molecule has 1 aliphatic carbocycles. The Balaban J connectivity index is 1.26. The maximum absolute atomic E-state index is 12.6. The van der Waals surface area contributed by atoms with Crippen molar-refractivity contribution in [2.75, 3.05) is 13.1 Å². The summed E-state index contributed by atoms with van der Waals surface area (Å²) in [6.45, 7) is 2.62. The first-order chi connectivity index (χ1) is 13.7. The fraction of sp³-hybridized carbons (Fsp3) is 0.333. The molecule has 3 aromatic rings. The van der Waals surface area contributed by atoms with Gasteiger partial charge >= 0.3 is 0 Å². The third-order valence-electron chi connectivity index (χ3n) is 5.39. The second-order valence-corrected chi connectivity index (χ2v) is 7.54. The lowest BCUT2D eigenvalue weighted by Gasteiger charge is -2.27. The summed E-state index contributed by atoms with van der Waals surface area (Å²) in [5.41, 5.74) is 2.14. The molecule has 2 amide bonds. The molecule has 1 aliphatic heterocycles. The van der Waals surface area contributed by atoms with Crippen molar-refractivity contribution < 1.29 is 9.59 Å². The van der Waals surface area contributed by atoms with Crippen molar-refractivity contribution in [1.82, 2.24) is 24.8 Å². The van der Waals surface area contributed by atoms with Crippen LogP contribution in [0.1, 0.15) is 39.5 Å². The minimum Gasteiger partial charge on any atom is -0.346 e. The Bertz CT molecular complexity index is 1070. The molecule has 7 heteroatoms. The molecule has 1 saturated carbocycles. The maximum atomic E-state index is 12.6. The van der Waals surface area contributed by atoms with E-state index in [9.17, 15) is 9.59 Å². The summed E-state index contributed by atoms with van der Waals surface area (Å²) in [6, 6.07) is 9.22. The molecule has 2 aliphatic rings. The van der Waals surface area contributed by atoms with Gasteiger partial charge in [0.1, 0.15) is 0 Å². The Morgan fingerprint density at radius 3 is 2.96 bits per heavy atom. The van der Waals surface area contributed by atoms with Crippen LogP contribution in [0.5, 0.6) is 0 Å². The summed E-state index contributed by atoms with van der Waals surface area (Å²) in [4.78, 5) is 35.8. The number of carbonyl (C=O) groups is 2. The number of fused-ring (bicyclic) bond motifs is 2. The number of hydrogen-bond donors (Lipinski definition) is 1. The van der Waals surface area contributed by atoms with Crippen molar-refractivity contribution >= 4 is 22.7 Å². The van der Waals surface area contributed by atoms with Crippen LogP contribution in [0.15, 0.2) is 42.7 Å². The highest BCUT2D eigenvalue weighted by molar-refractivity contribution is 5.97. The topological polar surface area (TPSA) is 80.1 Å². The van der Waals surface area contributed by atoms with E-state index in [4.69, 9.17) is 0 Å². The second-order valence-electron chi connectivity index (χ2n) is 7.54. The van der Waals surface area contributed by atoms with Gasteiger partial charge in [0.15, 0.2) is 5.82 Å². The van der Waals surface area contributed by atoms with Gasteiger partial charge in [0, 0.05) is 43.0 Å². The summed E-state index contributed by atoms with van der Waals surface area (Å²) in [6.07, 6.45) is 6.04. The molecule has 1 N–H and O–H groups in total. The first kappa shape index (κ1) is 16.9. The lowest BCUT2D eigenvalue weighted by molar-refractivity contribution is 0.0688. The van der Waals surface area contributed by atoms with Crippen LogP contribution in [-0.2, 0) is 13.1 Å². The van der Waals surface area contributed by atoms with Crippen molar-refractivity contribution in [2.24, 2.45) is 5.92 Å². The number of hydrogen-bond acceptors (Lipinski definition) is 4. The molecule has 28 heavy (non-hydrogen) atoms. The van der Waals surface area contributed by atoms with Gasteiger partial charge in [0.2, 0.25) is 0 Å². The summed E-state index contributed by atoms with van der Waals surface area (Å²) in [5, 5.41) is 3.82. The smallest absolute Gasteiger partial charge is 0.289 e. The Labute approximate surface area is 162 Å². The Kier molecular flexibility index (Phi) is 4.07. The quantitative estimate of drug-likeness (QED) is 0.742. The monoisotopic (exact) mass is 375 g/mol. The van der Waals surface area contributed by atoms with Crippen molar-refractivity contribution in [1.29, 1.82) is 0 Å². The summed E-state index contributed by atoms with van der Waals surface area (Å²) in [7, 11) is 0. The van der Waals surface area contributed by atoms with Gasteiger partial charge in [-0.2, -0.15) is 0 Å². The number of nitrogens with one attached hydrogen (secondary N) is 1. The van der Waals surface area contributed by atoms with E-state index in [0.29, 0.717) is 29.5 Å². The summed E-state index contributed by atoms with van der Waals surface area (Å²) >= 11 is 0. The van der Waals surface area contributed by atoms with Crippen molar-refractivity contribution in [2.45, 2.75) is 25.9 Å². The fourth-order valence-electron chi connectivity index (χ4n) is 3.64. The van der Waals surface area contributed by atoms with Crippen LogP contribution in [0, 0.1) is 5.92 Å². The molecular weight excluding hydrogens is 354 g/mol. The molecule has 3 heterocycles. The molecule has 142 valence electrons. The average Bonchev–Trinajstić information content (AvgIpc) is 3.44. The maximum Gasteiger partial charge on any atom is 0.289 e. The third-order valence-corrected chi connectivity index (χ3v) is 5.39. The molecule has 0 atom stereocenters.